The predicted molar refractivity (Wildman–Crippen MR) is 97.1 cm³/mol. The molecule has 0 unspecified atom stereocenters. The van der Waals surface area contributed by atoms with Gasteiger partial charge in [-0.1, -0.05) is 0 Å². The number of thioether (sulfide) groups is 2. The van der Waals surface area contributed by atoms with Crippen molar-refractivity contribution in [1.29, 1.82) is 0 Å². The molecule has 1 aliphatic rings. The SMILES string of the molecule is CCNC(=O)COc1c(Br)cc(C2SCCS2)cc1OCC. The van der Waals surface area contributed by atoms with E-state index in [0.29, 0.717) is 29.2 Å². The smallest absolute Gasteiger partial charge is 0.257 e. The summed E-state index contributed by atoms with van der Waals surface area (Å²) >= 11 is 7.44. The summed E-state index contributed by atoms with van der Waals surface area (Å²) in [7, 11) is 0. The number of amides is 1. The van der Waals surface area contributed by atoms with Crippen LogP contribution in [0.5, 0.6) is 11.5 Å². The Hall–Kier alpha value is -0.530. The van der Waals surface area contributed by atoms with Crippen molar-refractivity contribution in [3.63, 3.8) is 0 Å². The zero-order valence-corrected chi connectivity index (χ0v) is 15.9. The minimum absolute atomic E-state index is 0.0151. The van der Waals surface area contributed by atoms with Gasteiger partial charge in [0.25, 0.3) is 5.91 Å². The molecule has 0 atom stereocenters. The Kier molecular flexibility index (Phi) is 7.24. The van der Waals surface area contributed by atoms with Crippen molar-refractivity contribution in [2.45, 2.75) is 18.4 Å². The summed E-state index contributed by atoms with van der Waals surface area (Å²) in [6, 6.07) is 4.09. The lowest BCUT2D eigenvalue weighted by atomic mass is 10.2. The van der Waals surface area contributed by atoms with Gasteiger partial charge in [0, 0.05) is 18.1 Å². The van der Waals surface area contributed by atoms with Crippen LogP contribution in [0.4, 0.5) is 0 Å². The molecular weight excluding hydrogens is 386 g/mol. The summed E-state index contributed by atoms with van der Waals surface area (Å²) in [5.74, 6) is 3.48. The van der Waals surface area contributed by atoms with E-state index in [1.807, 2.05) is 43.4 Å². The number of carbonyl (C=O) groups excluding carboxylic acids is 1. The van der Waals surface area contributed by atoms with Gasteiger partial charge in [-0.05, 0) is 47.5 Å². The number of hydrogen-bond acceptors (Lipinski definition) is 5. The highest BCUT2D eigenvalue weighted by atomic mass is 79.9. The summed E-state index contributed by atoms with van der Waals surface area (Å²) in [5.41, 5.74) is 1.22. The van der Waals surface area contributed by atoms with Crippen molar-refractivity contribution in [3.8, 4) is 11.5 Å². The maximum Gasteiger partial charge on any atom is 0.257 e. The lowest BCUT2D eigenvalue weighted by Crippen LogP contribution is -2.28. The second kappa shape index (κ2) is 8.93. The Balaban J connectivity index is 2.18. The fourth-order valence-electron chi connectivity index (χ4n) is 2.06. The van der Waals surface area contributed by atoms with Crippen LogP contribution in [0.1, 0.15) is 24.0 Å². The number of hydrogen-bond donors (Lipinski definition) is 1. The van der Waals surface area contributed by atoms with Crippen molar-refractivity contribution >= 4 is 45.4 Å². The molecule has 122 valence electrons. The first kappa shape index (κ1) is 17.8. The quantitative estimate of drug-likeness (QED) is 0.746. The largest absolute Gasteiger partial charge is 0.490 e. The molecule has 7 heteroatoms. The molecule has 4 nitrogen and oxygen atoms in total. The van der Waals surface area contributed by atoms with Gasteiger partial charge in [-0.25, -0.2) is 0 Å². The van der Waals surface area contributed by atoms with Crippen LogP contribution < -0.4 is 14.8 Å². The Labute approximate surface area is 148 Å². The van der Waals surface area contributed by atoms with Gasteiger partial charge < -0.3 is 14.8 Å². The van der Waals surface area contributed by atoms with Crippen molar-refractivity contribution in [1.82, 2.24) is 5.32 Å². The van der Waals surface area contributed by atoms with Crippen molar-refractivity contribution in [2.75, 3.05) is 31.3 Å². The highest BCUT2D eigenvalue weighted by Crippen LogP contribution is 2.48. The third-order valence-electron chi connectivity index (χ3n) is 2.95. The average molecular weight is 406 g/mol. The molecule has 1 saturated heterocycles. The zero-order chi connectivity index (χ0) is 15.9. The van der Waals surface area contributed by atoms with Gasteiger partial charge in [-0.15, -0.1) is 23.5 Å². The van der Waals surface area contributed by atoms with Gasteiger partial charge in [-0.3, -0.25) is 4.79 Å². The van der Waals surface area contributed by atoms with Crippen LogP contribution in [0, 0.1) is 0 Å². The van der Waals surface area contributed by atoms with Gasteiger partial charge >= 0.3 is 0 Å². The highest BCUT2D eigenvalue weighted by molar-refractivity contribution is 9.10. The normalized spacial score (nSPS) is 14.9. The first-order chi connectivity index (χ1) is 10.7. The molecule has 0 spiro atoms. The van der Waals surface area contributed by atoms with Crippen LogP contribution >= 0.6 is 39.5 Å². The van der Waals surface area contributed by atoms with E-state index in [4.69, 9.17) is 9.47 Å². The number of benzene rings is 1. The molecule has 0 radical (unpaired) electrons. The average Bonchev–Trinajstić information content (AvgIpc) is 3.01. The van der Waals surface area contributed by atoms with Crippen LogP contribution in [-0.2, 0) is 4.79 Å². The lowest BCUT2D eigenvalue weighted by molar-refractivity contribution is -0.123. The predicted octanol–water partition coefficient (Wildman–Crippen LogP) is 3.84. The number of likely N-dealkylation sites (N-methyl/N-ethyl adjacent to an activating group) is 1. The van der Waals surface area contributed by atoms with Gasteiger partial charge in [-0.2, -0.15) is 0 Å². The fourth-order valence-corrected chi connectivity index (χ4v) is 5.46. The van der Waals surface area contributed by atoms with E-state index in [1.54, 1.807) is 0 Å². The molecule has 0 saturated carbocycles. The minimum Gasteiger partial charge on any atom is -0.490 e. The van der Waals surface area contributed by atoms with E-state index >= 15 is 0 Å². The molecule has 0 aliphatic carbocycles. The Bertz CT molecular complexity index is 522. The van der Waals surface area contributed by atoms with Crippen LogP contribution in [0.25, 0.3) is 0 Å². The number of ether oxygens (including phenoxy) is 2. The van der Waals surface area contributed by atoms with Crippen molar-refractivity contribution in [3.05, 3.63) is 22.2 Å². The number of carbonyl (C=O) groups is 1. The van der Waals surface area contributed by atoms with Gasteiger partial charge in [0.05, 0.1) is 15.7 Å². The second-order valence-corrected chi connectivity index (χ2v) is 8.16. The summed E-state index contributed by atoms with van der Waals surface area (Å²) in [5, 5.41) is 2.72. The Morgan fingerprint density at radius 1 is 1.32 bits per heavy atom. The van der Waals surface area contributed by atoms with Crippen LogP contribution in [-0.4, -0.2) is 37.2 Å². The van der Waals surface area contributed by atoms with Crippen LogP contribution in [0.2, 0.25) is 0 Å². The second-order valence-electron chi connectivity index (χ2n) is 4.58. The molecule has 22 heavy (non-hydrogen) atoms. The summed E-state index contributed by atoms with van der Waals surface area (Å²) in [6.07, 6.45) is 0. The van der Waals surface area contributed by atoms with Crippen molar-refractivity contribution in [2.24, 2.45) is 0 Å². The van der Waals surface area contributed by atoms with E-state index in [2.05, 4.69) is 27.3 Å². The van der Waals surface area contributed by atoms with Crippen molar-refractivity contribution < 1.29 is 14.3 Å². The molecule has 1 aromatic rings. The summed E-state index contributed by atoms with van der Waals surface area (Å²) in [6.45, 7) is 4.95. The topological polar surface area (TPSA) is 47.6 Å². The lowest BCUT2D eigenvalue weighted by Gasteiger charge is -2.17. The molecule has 1 heterocycles. The molecule has 1 N–H and O–H groups in total. The maximum absolute atomic E-state index is 11.6. The number of halogens is 1. The van der Waals surface area contributed by atoms with E-state index in [1.165, 1.54) is 17.1 Å². The standard InChI is InChI=1S/C15H20BrNO3S2/c1-3-17-13(18)9-20-14-11(16)7-10(8-12(14)19-4-2)15-21-5-6-22-15/h7-8,15H,3-6,9H2,1-2H3,(H,17,18). The van der Waals surface area contributed by atoms with E-state index in [0.717, 1.165) is 4.47 Å². The van der Waals surface area contributed by atoms with Gasteiger partial charge in [0.15, 0.2) is 18.1 Å². The van der Waals surface area contributed by atoms with Crippen LogP contribution in [0.15, 0.2) is 16.6 Å². The van der Waals surface area contributed by atoms with Gasteiger partial charge in [0.1, 0.15) is 0 Å². The molecule has 1 fully saturated rings. The summed E-state index contributed by atoms with van der Waals surface area (Å²) in [4.78, 5) is 11.6. The molecule has 0 bridgehead atoms. The molecule has 1 amide bonds. The van der Waals surface area contributed by atoms with E-state index in [9.17, 15) is 4.79 Å². The number of rotatable bonds is 7. The van der Waals surface area contributed by atoms with E-state index in [-0.39, 0.29) is 12.5 Å². The third-order valence-corrected chi connectivity index (χ3v) is 6.64. The Morgan fingerprint density at radius 3 is 2.68 bits per heavy atom. The number of nitrogens with one attached hydrogen (secondary N) is 1. The molecular formula is C15H20BrNO3S2. The molecule has 1 aliphatic heterocycles. The highest BCUT2D eigenvalue weighted by Gasteiger charge is 2.22. The first-order valence-electron chi connectivity index (χ1n) is 7.24. The summed E-state index contributed by atoms with van der Waals surface area (Å²) < 4.78 is 12.6. The molecule has 2 rings (SSSR count). The monoisotopic (exact) mass is 405 g/mol. The minimum atomic E-state index is -0.136. The maximum atomic E-state index is 11.6. The Morgan fingerprint density at radius 2 is 2.05 bits per heavy atom. The first-order valence-corrected chi connectivity index (χ1v) is 10.1. The van der Waals surface area contributed by atoms with Gasteiger partial charge in [0.2, 0.25) is 0 Å². The molecule has 1 aromatic carbocycles. The fraction of sp³-hybridized carbons (Fsp3) is 0.533. The zero-order valence-electron chi connectivity index (χ0n) is 12.7. The van der Waals surface area contributed by atoms with E-state index < -0.39 is 0 Å². The molecule has 0 aromatic heterocycles. The van der Waals surface area contributed by atoms with Crippen LogP contribution in [0.3, 0.4) is 0 Å². The third kappa shape index (κ3) is 4.73.